The van der Waals surface area contributed by atoms with Crippen LogP contribution >= 0.6 is 23.1 Å². The molecule has 0 saturated carbocycles. The third-order valence-electron chi connectivity index (χ3n) is 2.54. The van der Waals surface area contributed by atoms with Crippen molar-refractivity contribution in [1.82, 2.24) is 9.38 Å². The number of nitrogens with zero attached hydrogens (tertiary/aromatic N) is 2. The molecule has 0 saturated heterocycles. The molecule has 0 aliphatic carbocycles. The summed E-state index contributed by atoms with van der Waals surface area (Å²) in [5.41, 5.74) is 3.26. The van der Waals surface area contributed by atoms with Crippen LogP contribution in [-0.2, 0) is 10.5 Å². The molecule has 0 N–H and O–H groups in total. The smallest absolute Gasteiger partial charge is 0.194 e. The number of imidazole rings is 1. The van der Waals surface area contributed by atoms with E-state index in [1.54, 1.807) is 18.3 Å². The van der Waals surface area contributed by atoms with Crippen LogP contribution in [0.25, 0.3) is 16.0 Å². The van der Waals surface area contributed by atoms with E-state index in [-0.39, 0.29) is 5.12 Å². The van der Waals surface area contributed by atoms with Gasteiger partial charge >= 0.3 is 0 Å². The number of hydrogen-bond acceptors (Lipinski definition) is 4. The van der Waals surface area contributed by atoms with Crippen LogP contribution in [0.5, 0.6) is 0 Å². The molecule has 17 heavy (non-hydrogen) atoms. The molecule has 3 aromatic rings. The largest absolute Gasteiger partial charge is 0.288 e. The molecule has 1 aromatic carbocycles. The fraction of sp³-hybridized carbons (Fsp3) is 0.167. The molecule has 3 nitrogen and oxygen atoms in total. The molecule has 3 rings (SSSR count). The van der Waals surface area contributed by atoms with Crippen LogP contribution < -0.4 is 0 Å². The van der Waals surface area contributed by atoms with Crippen molar-refractivity contribution in [3.8, 4) is 0 Å². The summed E-state index contributed by atoms with van der Waals surface area (Å²) in [6, 6.07) is 8.07. The minimum absolute atomic E-state index is 0.147. The van der Waals surface area contributed by atoms with Gasteiger partial charge in [0.2, 0.25) is 0 Å². The third-order valence-corrected chi connectivity index (χ3v) is 4.26. The molecular weight excluding hydrogens is 252 g/mol. The van der Waals surface area contributed by atoms with E-state index in [0.717, 1.165) is 21.7 Å². The van der Waals surface area contributed by atoms with Crippen molar-refractivity contribution in [1.29, 1.82) is 0 Å². The summed E-state index contributed by atoms with van der Waals surface area (Å²) in [5.74, 6) is 0.704. The fourth-order valence-electron chi connectivity index (χ4n) is 1.81. The van der Waals surface area contributed by atoms with Gasteiger partial charge in [0.25, 0.3) is 0 Å². The number of rotatable bonds is 2. The number of thioether (sulfide) groups is 1. The molecule has 5 heteroatoms. The Morgan fingerprint density at radius 2 is 2.29 bits per heavy atom. The Balaban J connectivity index is 2.15. The van der Waals surface area contributed by atoms with Gasteiger partial charge in [-0.05, 0) is 12.1 Å². The van der Waals surface area contributed by atoms with E-state index in [4.69, 9.17) is 0 Å². The molecule has 0 aliphatic rings. The predicted octanol–water partition coefficient (Wildman–Crippen LogP) is 3.33. The van der Waals surface area contributed by atoms with Crippen LogP contribution in [-0.4, -0.2) is 14.5 Å². The maximum atomic E-state index is 11.0. The van der Waals surface area contributed by atoms with Crippen LogP contribution in [0.1, 0.15) is 12.6 Å². The molecule has 0 atom stereocenters. The number of fused-ring (bicyclic) bond motifs is 3. The first-order valence-corrected chi connectivity index (χ1v) is 7.09. The first-order chi connectivity index (χ1) is 8.25. The van der Waals surface area contributed by atoms with Gasteiger partial charge in [-0.15, -0.1) is 11.3 Å². The Morgan fingerprint density at radius 3 is 3.12 bits per heavy atom. The maximum absolute atomic E-state index is 11.0. The van der Waals surface area contributed by atoms with Gasteiger partial charge in [0.1, 0.15) is 0 Å². The Morgan fingerprint density at radius 1 is 1.47 bits per heavy atom. The number of carbonyl (C=O) groups is 1. The van der Waals surface area contributed by atoms with Gasteiger partial charge in [-0.1, -0.05) is 23.9 Å². The molecule has 0 unspecified atom stereocenters. The molecule has 2 heterocycles. The van der Waals surface area contributed by atoms with Gasteiger partial charge in [-0.3, -0.25) is 9.20 Å². The lowest BCUT2D eigenvalue weighted by Crippen LogP contribution is -1.91. The third kappa shape index (κ3) is 1.85. The molecule has 0 bridgehead atoms. The molecule has 0 aliphatic heterocycles. The number of hydrogen-bond donors (Lipinski definition) is 0. The number of benzene rings is 1. The highest BCUT2D eigenvalue weighted by molar-refractivity contribution is 8.12. The number of aromatic nitrogens is 2. The van der Waals surface area contributed by atoms with Crippen LogP contribution in [0, 0.1) is 0 Å². The van der Waals surface area contributed by atoms with Crippen molar-refractivity contribution in [3.05, 3.63) is 35.3 Å². The van der Waals surface area contributed by atoms with Gasteiger partial charge in [0, 0.05) is 23.8 Å². The van der Waals surface area contributed by atoms with E-state index in [1.165, 1.54) is 11.8 Å². The van der Waals surface area contributed by atoms with Gasteiger partial charge in [-0.2, -0.15) is 0 Å². The van der Waals surface area contributed by atoms with E-state index >= 15 is 0 Å². The van der Waals surface area contributed by atoms with Crippen LogP contribution in [0.3, 0.4) is 0 Å². The minimum Gasteiger partial charge on any atom is -0.288 e. The van der Waals surface area contributed by atoms with Gasteiger partial charge < -0.3 is 0 Å². The summed E-state index contributed by atoms with van der Waals surface area (Å²) >= 11 is 2.95. The molecule has 0 spiro atoms. The van der Waals surface area contributed by atoms with Crippen molar-refractivity contribution in [2.75, 3.05) is 0 Å². The normalized spacial score (nSPS) is 11.4. The zero-order chi connectivity index (χ0) is 11.8. The zero-order valence-electron chi connectivity index (χ0n) is 9.21. The topological polar surface area (TPSA) is 34.4 Å². The maximum Gasteiger partial charge on any atom is 0.194 e. The Bertz CT molecular complexity index is 699. The molecule has 0 fully saturated rings. The van der Waals surface area contributed by atoms with Crippen LogP contribution in [0.4, 0.5) is 0 Å². The average molecular weight is 262 g/mol. The minimum atomic E-state index is 0.147. The standard InChI is InChI=1S/C12H10N2OS2/c1-8(15)16-6-9-7-17-12-13-10-4-2-3-5-11(10)14(9)12/h2-5,7H,6H2,1H3. The fourth-order valence-corrected chi connectivity index (χ4v) is 3.38. The lowest BCUT2D eigenvalue weighted by atomic mass is 10.3. The summed E-state index contributed by atoms with van der Waals surface area (Å²) in [5, 5.41) is 2.22. The zero-order valence-corrected chi connectivity index (χ0v) is 10.8. The van der Waals surface area contributed by atoms with E-state index in [0.29, 0.717) is 5.75 Å². The van der Waals surface area contributed by atoms with Crippen molar-refractivity contribution < 1.29 is 4.79 Å². The van der Waals surface area contributed by atoms with E-state index in [2.05, 4.69) is 20.8 Å². The second kappa shape index (κ2) is 4.16. The second-order valence-corrected chi connectivity index (χ2v) is 5.71. The Labute approximate surface area is 106 Å². The first-order valence-electron chi connectivity index (χ1n) is 5.22. The summed E-state index contributed by atoms with van der Waals surface area (Å²) in [6.45, 7) is 1.60. The van der Waals surface area contributed by atoms with E-state index in [1.807, 2.05) is 18.2 Å². The average Bonchev–Trinajstić information content (AvgIpc) is 2.84. The Hall–Kier alpha value is -1.33. The van der Waals surface area contributed by atoms with Crippen molar-refractivity contribution in [2.24, 2.45) is 0 Å². The lowest BCUT2D eigenvalue weighted by Gasteiger charge is -1.98. The highest BCUT2D eigenvalue weighted by Gasteiger charge is 2.10. The summed E-state index contributed by atoms with van der Waals surface area (Å²) in [7, 11) is 0. The molecule has 86 valence electrons. The monoisotopic (exact) mass is 262 g/mol. The quantitative estimate of drug-likeness (QED) is 0.710. The second-order valence-electron chi connectivity index (χ2n) is 3.73. The number of para-hydroxylation sites is 2. The van der Waals surface area contributed by atoms with Gasteiger partial charge in [-0.25, -0.2) is 4.98 Å². The summed E-state index contributed by atoms with van der Waals surface area (Å²) in [6.07, 6.45) is 0. The number of carbonyl (C=O) groups excluding carboxylic acids is 1. The highest BCUT2D eigenvalue weighted by Crippen LogP contribution is 2.25. The van der Waals surface area contributed by atoms with Crippen LogP contribution in [0.15, 0.2) is 29.6 Å². The van der Waals surface area contributed by atoms with Gasteiger partial charge in [0.05, 0.1) is 11.0 Å². The van der Waals surface area contributed by atoms with Crippen molar-refractivity contribution in [3.63, 3.8) is 0 Å². The molecule has 0 radical (unpaired) electrons. The lowest BCUT2D eigenvalue weighted by molar-refractivity contribution is -0.109. The van der Waals surface area contributed by atoms with E-state index < -0.39 is 0 Å². The summed E-state index contributed by atoms with van der Waals surface area (Å²) < 4.78 is 2.13. The predicted molar refractivity (Wildman–Crippen MR) is 72.6 cm³/mol. The molecule has 2 aromatic heterocycles. The molecular formula is C12H10N2OS2. The van der Waals surface area contributed by atoms with Crippen molar-refractivity contribution >= 4 is 44.2 Å². The van der Waals surface area contributed by atoms with Gasteiger partial charge in [0.15, 0.2) is 10.1 Å². The highest BCUT2D eigenvalue weighted by atomic mass is 32.2. The molecule has 0 amide bonds. The summed E-state index contributed by atoms with van der Waals surface area (Å²) in [4.78, 5) is 16.6. The van der Waals surface area contributed by atoms with Crippen LogP contribution in [0.2, 0.25) is 0 Å². The number of thiazole rings is 1. The van der Waals surface area contributed by atoms with Crippen molar-refractivity contribution in [2.45, 2.75) is 12.7 Å². The Kier molecular flexibility index (Phi) is 2.64. The first kappa shape index (κ1) is 10.8. The SMILES string of the molecule is CC(=O)SCc1csc2nc3ccccc3n12. The van der Waals surface area contributed by atoms with E-state index in [9.17, 15) is 4.79 Å².